The molecule has 5 aliphatic rings. The number of allylic oxidation sites excluding steroid dienone is 2. The number of esters is 1. The normalized spacial score (nSPS) is 27.8. The second-order valence-corrected chi connectivity index (χ2v) is 8.74. The molecular formula is C24H22FN3O4. The van der Waals surface area contributed by atoms with Crippen LogP contribution in [0.25, 0.3) is 5.70 Å². The Morgan fingerprint density at radius 1 is 1.31 bits per heavy atom. The summed E-state index contributed by atoms with van der Waals surface area (Å²) in [5.41, 5.74) is 6.97. The Morgan fingerprint density at radius 2 is 2.12 bits per heavy atom. The first-order valence-electron chi connectivity index (χ1n) is 10.7. The van der Waals surface area contributed by atoms with Crippen LogP contribution in [-0.4, -0.2) is 36.4 Å². The van der Waals surface area contributed by atoms with Crippen LogP contribution in [0.3, 0.4) is 0 Å². The summed E-state index contributed by atoms with van der Waals surface area (Å²) in [6.07, 6.45) is 2.15. The minimum atomic E-state index is -0.943. The van der Waals surface area contributed by atoms with E-state index in [4.69, 9.17) is 9.47 Å². The van der Waals surface area contributed by atoms with Crippen molar-refractivity contribution in [2.75, 3.05) is 7.11 Å². The molecule has 0 aromatic carbocycles. The largest absolute Gasteiger partial charge is 0.458 e. The molecule has 0 spiro atoms. The molecule has 8 heteroatoms. The number of methoxy groups -OCH3 is 1. The Hall–Kier alpha value is -3.26. The number of nitrogens with zero attached hydrogens (tertiary/aromatic N) is 2. The molecule has 0 saturated heterocycles. The molecule has 4 heterocycles. The van der Waals surface area contributed by atoms with E-state index in [1.54, 1.807) is 10.6 Å². The number of dihydropyridines is 1. The lowest BCUT2D eigenvalue weighted by atomic mass is 9.72. The van der Waals surface area contributed by atoms with Crippen molar-refractivity contribution in [2.24, 2.45) is 4.99 Å². The third kappa shape index (κ3) is 2.35. The molecule has 0 saturated carbocycles. The van der Waals surface area contributed by atoms with Gasteiger partial charge in [-0.1, -0.05) is 0 Å². The highest BCUT2D eigenvalue weighted by Crippen LogP contribution is 2.49. The van der Waals surface area contributed by atoms with Gasteiger partial charge in [0, 0.05) is 18.2 Å². The van der Waals surface area contributed by atoms with Gasteiger partial charge in [0.25, 0.3) is 5.56 Å². The van der Waals surface area contributed by atoms with E-state index in [2.05, 4.69) is 17.0 Å². The van der Waals surface area contributed by atoms with Crippen molar-refractivity contribution in [3.8, 4) is 0 Å². The van der Waals surface area contributed by atoms with Gasteiger partial charge in [0.1, 0.15) is 12.4 Å². The van der Waals surface area contributed by atoms with Gasteiger partial charge >= 0.3 is 5.97 Å². The maximum absolute atomic E-state index is 14.7. The van der Waals surface area contributed by atoms with E-state index < -0.39 is 12.1 Å². The van der Waals surface area contributed by atoms with Crippen LogP contribution in [0.4, 0.5) is 4.39 Å². The molecule has 0 radical (unpaired) electrons. The summed E-state index contributed by atoms with van der Waals surface area (Å²) < 4.78 is 27.0. The number of nitrogens with one attached hydrogen (secondary N) is 1. The SMILES string of the molecule is C=N[C@H]1CCC2=C(C)C(F)=CC3NC4=C(Cn5c4cc4c(c5=O)COC(=O)[C@@H]4OC)C1=C23. The molecule has 0 amide bonds. The number of pyridine rings is 1. The van der Waals surface area contributed by atoms with E-state index in [9.17, 15) is 14.0 Å². The van der Waals surface area contributed by atoms with E-state index >= 15 is 0 Å². The van der Waals surface area contributed by atoms with Crippen LogP contribution in [-0.2, 0) is 27.4 Å². The number of rotatable bonds is 2. The van der Waals surface area contributed by atoms with Gasteiger partial charge in [0.15, 0.2) is 6.10 Å². The molecule has 164 valence electrons. The molecular weight excluding hydrogens is 413 g/mol. The van der Waals surface area contributed by atoms with Gasteiger partial charge in [0.2, 0.25) is 0 Å². The number of hydrogen-bond acceptors (Lipinski definition) is 6. The van der Waals surface area contributed by atoms with Crippen molar-refractivity contribution in [1.29, 1.82) is 0 Å². The lowest BCUT2D eigenvalue weighted by Gasteiger charge is -2.39. The van der Waals surface area contributed by atoms with Crippen LogP contribution in [0.2, 0.25) is 0 Å². The van der Waals surface area contributed by atoms with Crippen molar-refractivity contribution < 1.29 is 18.7 Å². The number of aliphatic imine (C=N–C) groups is 1. The van der Waals surface area contributed by atoms with Gasteiger partial charge in [-0.05, 0) is 60.9 Å². The fourth-order valence-corrected chi connectivity index (χ4v) is 5.75. The predicted octanol–water partition coefficient (Wildman–Crippen LogP) is 2.63. The summed E-state index contributed by atoms with van der Waals surface area (Å²) in [6.45, 7) is 5.93. The number of fused-ring (bicyclic) bond motifs is 4. The van der Waals surface area contributed by atoms with Crippen molar-refractivity contribution in [3.05, 3.63) is 73.0 Å². The Balaban J connectivity index is 1.59. The molecule has 1 unspecified atom stereocenters. The average molecular weight is 435 g/mol. The van der Waals surface area contributed by atoms with Gasteiger partial charge in [0.05, 0.1) is 35.6 Å². The van der Waals surface area contributed by atoms with Crippen LogP contribution in [0.15, 0.2) is 55.6 Å². The number of carbonyl (C=O) groups excluding carboxylic acids is 1. The van der Waals surface area contributed by atoms with Crippen molar-refractivity contribution >= 4 is 18.4 Å². The minimum absolute atomic E-state index is 0.0708. The zero-order valence-electron chi connectivity index (χ0n) is 17.8. The van der Waals surface area contributed by atoms with Gasteiger partial charge in [-0.25, -0.2) is 9.18 Å². The zero-order chi connectivity index (χ0) is 22.3. The fourth-order valence-electron chi connectivity index (χ4n) is 5.75. The van der Waals surface area contributed by atoms with E-state index in [1.165, 1.54) is 7.11 Å². The summed E-state index contributed by atoms with van der Waals surface area (Å²) in [5, 5.41) is 3.47. The Bertz CT molecular complexity index is 1310. The van der Waals surface area contributed by atoms with Crippen molar-refractivity contribution in [3.63, 3.8) is 0 Å². The van der Waals surface area contributed by atoms with Crippen LogP contribution in [0.5, 0.6) is 0 Å². The quantitative estimate of drug-likeness (QED) is 0.571. The standard InChI is InChI=1S/C24H22FN3O4/c1-10-11-4-5-16(26-2)20-13-8-28-18(21(13)27-17(19(11)20)7-15(10)25)6-12-14(23(28)29)9-32-24(30)22(12)31-3/h6-7,16-17,22,27H,2,4-5,8-9H2,1,3H3/t16-,17?,22+/m0/s1. The second-order valence-electron chi connectivity index (χ2n) is 8.74. The first-order valence-corrected chi connectivity index (χ1v) is 10.7. The van der Waals surface area contributed by atoms with E-state index in [1.807, 2.05) is 13.0 Å². The van der Waals surface area contributed by atoms with Crippen LogP contribution in [0.1, 0.15) is 42.7 Å². The molecule has 0 fully saturated rings. The molecule has 32 heavy (non-hydrogen) atoms. The molecule has 0 bridgehead atoms. The lowest BCUT2D eigenvalue weighted by molar-refractivity contribution is -0.159. The molecule has 2 aliphatic carbocycles. The van der Waals surface area contributed by atoms with Crippen molar-refractivity contribution in [2.45, 2.75) is 51.1 Å². The summed E-state index contributed by atoms with van der Waals surface area (Å²) in [5.74, 6) is -0.735. The third-order valence-electron chi connectivity index (χ3n) is 7.30. The summed E-state index contributed by atoms with van der Waals surface area (Å²) in [6, 6.07) is 1.38. The minimum Gasteiger partial charge on any atom is -0.458 e. The molecule has 3 atom stereocenters. The Labute approximate surface area is 183 Å². The van der Waals surface area contributed by atoms with Crippen molar-refractivity contribution in [1.82, 2.24) is 9.88 Å². The van der Waals surface area contributed by atoms with Crippen LogP contribution in [0, 0.1) is 0 Å². The monoisotopic (exact) mass is 435 g/mol. The Kier molecular flexibility index (Phi) is 4.02. The van der Waals surface area contributed by atoms with E-state index in [0.29, 0.717) is 28.9 Å². The highest BCUT2D eigenvalue weighted by Gasteiger charge is 2.43. The molecule has 1 aromatic heterocycles. The highest BCUT2D eigenvalue weighted by molar-refractivity contribution is 5.82. The number of cyclic esters (lactones) is 1. The highest BCUT2D eigenvalue weighted by atomic mass is 19.1. The summed E-state index contributed by atoms with van der Waals surface area (Å²) >= 11 is 0. The molecule has 3 aliphatic heterocycles. The first kappa shape index (κ1) is 19.4. The fraction of sp³-hybridized carbons (Fsp3) is 0.375. The van der Waals surface area contributed by atoms with Gasteiger partial charge in [-0.3, -0.25) is 9.79 Å². The van der Waals surface area contributed by atoms with E-state index in [-0.39, 0.29) is 30.1 Å². The smallest absolute Gasteiger partial charge is 0.340 e. The predicted molar refractivity (Wildman–Crippen MR) is 116 cm³/mol. The van der Waals surface area contributed by atoms with Gasteiger partial charge in [-0.15, -0.1) is 0 Å². The average Bonchev–Trinajstić information content (AvgIpc) is 3.16. The van der Waals surface area contributed by atoms with E-state index in [0.717, 1.165) is 40.8 Å². The number of halogens is 1. The van der Waals surface area contributed by atoms with Gasteiger partial charge in [-0.2, -0.15) is 0 Å². The molecule has 7 nitrogen and oxygen atoms in total. The Morgan fingerprint density at radius 3 is 2.88 bits per heavy atom. The van der Waals surface area contributed by atoms with Crippen LogP contribution < -0.4 is 10.9 Å². The molecule has 6 rings (SSSR count). The summed E-state index contributed by atoms with van der Waals surface area (Å²) in [7, 11) is 1.42. The lowest BCUT2D eigenvalue weighted by Crippen LogP contribution is -2.39. The number of ether oxygens (including phenoxy) is 2. The number of carbonyl (C=O) groups is 1. The van der Waals surface area contributed by atoms with Crippen LogP contribution >= 0.6 is 0 Å². The third-order valence-corrected chi connectivity index (χ3v) is 7.30. The topological polar surface area (TPSA) is 81.9 Å². The molecule has 1 aromatic rings. The number of aromatic nitrogens is 1. The second kappa shape index (κ2) is 6.62. The molecule has 1 N–H and O–H groups in total. The summed E-state index contributed by atoms with van der Waals surface area (Å²) in [4.78, 5) is 30.0. The van der Waals surface area contributed by atoms with Gasteiger partial charge < -0.3 is 19.4 Å². The first-order chi connectivity index (χ1) is 15.4. The number of hydrogen-bond donors (Lipinski definition) is 1. The maximum Gasteiger partial charge on any atom is 0.340 e. The zero-order valence-corrected chi connectivity index (χ0v) is 17.8. The maximum atomic E-state index is 14.7.